The van der Waals surface area contributed by atoms with Crippen molar-refractivity contribution in [3.05, 3.63) is 35.4 Å². The summed E-state index contributed by atoms with van der Waals surface area (Å²) in [6, 6.07) is 8.75. The van der Waals surface area contributed by atoms with Gasteiger partial charge in [-0.3, -0.25) is 4.90 Å². The summed E-state index contributed by atoms with van der Waals surface area (Å²) in [6.07, 6.45) is 5.32. The van der Waals surface area contributed by atoms with Crippen LogP contribution in [0.4, 0.5) is 0 Å². The number of likely N-dealkylation sites (tertiary alicyclic amines) is 1. The van der Waals surface area contributed by atoms with Crippen LogP contribution >= 0.6 is 0 Å². The molecule has 2 fully saturated rings. The van der Waals surface area contributed by atoms with Gasteiger partial charge < -0.3 is 15.4 Å². The zero-order chi connectivity index (χ0) is 18.9. The molecule has 150 valence electrons. The Balaban J connectivity index is 1.59. The zero-order valence-corrected chi connectivity index (χ0v) is 17.0. The van der Waals surface area contributed by atoms with Crippen molar-refractivity contribution in [1.29, 1.82) is 0 Å². The predicted molar refractivity (Wildman–Crippen MR) is 112 cm³/mol. The molecule has 1 aromatic carbocycles. The van der Waals surface area contributed by atoms with Gasteiger partial charge in [-0.2, -0.15) is 0 Å². The van der Waals surface area contributed by atoms with Gasteiger partial charge in [0.1, 0.15) is 0 Å². The average molecular weight is 373 g/mol. The zero-order valence-electron chi connectivity index (χ0n) is 17.0. The summed E-state index contributed by atoms with van der Waals surface area (Å²) in [5.74, 6) is 1.70. The second kappa shape index (κ2) is 10.7. The number of ether oxygens (including phenoxy) is 1. The van der Waals surface area contributed by atoms with Crippen LogP contribution in [-0.4, -0.2) is 49.7 Å². The van der Waals surface area contributed by atoms with Crippen LogP contribution in [0.15, 0.2) is 29.3 Å². The van der Waals surface area contributed by atoms with Crippen LogP contribution in [-0.2, 0) is 17.8 Å². The minimum atomic E-state index is 0.322. The molecule has 0 bridgehead atoms. The molecule has 1 aromatic rings. The molecular formula is C22H36N4O. The SMILES string of the molecule is CCNC(=NCc1ccccc1CN1CCCC(C)C1)NCC1CCCO1. The Bertz CT molecular complexity index is 598. The summed E-state index contributed by atoms with van der Waals surface area (Å²) in [7, 11) is 0. The molecule has 0 amide bonds. The van der Waals surface area contributed by atoms with Crippen molar-refractivity contribution in [3.63, 3.8) is 0 Å². The summed E-state index contributed by atoms with van der Waals surface area (Å²) < 4.78 is 5.71. The van der Waals surface area contributed by atoms with Gasteiger partial charge in [0.05, 0.1) is 12.6 Å². The Labute approximate surface area is 164 Å². The maximum Gasteiger partial charge on any atom is 0.191 e. The standard InChI is InChI=1S/C22H36N4O/c1-3-23-22(25-15-21-11-7-13-27-21)24-14-19-9-4-5-10-20(19)17-26-12-6-8-18(2)16-26/h4-5,9-10,18,21H,3,6-8,11-17H2,1-2H3,(H2,23,24,25). The lowest BCUT2D eigenvalue weighted by Gasteiger charge is -2.31. The first kappa shape index (κ1) is 20.2. The Morgan fingerprint density at radius 2 is 2.04 bits per heavy atom. The monoisotopic (exact) mass is 372 g/mol. The van der Waals surface area contributed by atoms with Crippen LogP contribution in [0.2, 0.25) is 0 Å². The number of benzene rings is 1. The van der Waals surface area contributed by atoms with Gasteiger partial charge >= 0.3 is 0 Å². The van der Waals surface area contributed by atoms with Crippen molar-refractivity contribution in [2.75, 3.05) is 32.8 Å². The highest BCUT2D eigenvalue weighted by Crippen LogP contribution is 2.20. The topological polar surface area (TPSA) is 48.9 Å². The van der Waals surface area contributed by atoms with E-state index in [0.717, 1.165) is 44.5 Å². The molecule has 0 aliphatic carbocycles. The first-order valence-electron chi connectivity index (χ1n) is 10.7. The molecular weight excluding hydrogens is 336 g/mol. The molecule has 27 heavy (non-hydrogen) atoms. The van der Waals surface area contributed by atoms with Crippen LogP contribution in [0.25, 0.3) is 0 Å². The minimum absolute atomic E-state index is 0.322. The van der Waals surface area contributed by atoms with Crippen LogP contribution in [0.1, 0.15) is 50.7 Å². The molecule has 2 N–H and O–H groups in total. The van der Waals surface area contributed by atoms with Gasteiger partial charge in [0.2, 0.25) is 0 Å². The normalized spacial score (nSPS) is 24.1. The summed E-state index contributed by atoms with van der Waals surface area (Å²) in [4.78, 5) is 7.43. The van der Waals surface area contributed by atoms with Gasteiger partial charge in [0.25, 0.3) is 0 Å². The molecule has 0 radical (unpaired) electrons. The first-order chi connectivity index (χ1) is 13.2. The quantitative estimate of drug-likeness (QED) is 0.570. The minimum Gasteiger partial charge on any atom is -0.376 e. The molecule has 2 heterocycles. The molecule has 0 aromatic heterocycles. The maximum absolute atomic E-state index is 5.71. The second-order valence-electron chi connectivity index (χ2n) is 7.96. The Morgan fingerprint density at radius 3 is 2.78 bits per heavy atom. The first-order valence-corrected chi connectivity index (χ1v) is 10.7. The van der Waals surface area contributed by atoms with E-state index in [9.17, 15) is 0 Å². The third kappa shape index (κ3) is 6.51. The molecule has 2 unspecified atom stereocenters. The van der Waals surface area contributed by atoms with Crippen molar-refractivity contribution in [3.8, 4) is 0 Å². The lowest BCUT2D eigenvalue weighted by Crippen LogP contribution is -2.41. The number of piperidine rings is 1. The summed E-state index contributed by atoms with van der Waals surface area (Å²) >= 11 is 0. The number of nitrogens with zero attached hydrogens (tertiary/aromatic N) is 2. The van der Waals surface area contributed by atoms with Gasteiger partial charge in [0.15, 0.2) is 5.96 Å². The van der Waals surface area contributed by atoms with Gasteiger partial charge in [-0.05, 0) is 56.2 Å². The van der Waals surface area contributed by atoms with E-state index in [1.807, 2.05) is 0 Å². The molecule has 2 aliphatic rings. The summed E-state index contributed by atoms with van der Waals surface area (Å²) in [6.45, 7) is 11.2. The van der Waals surface area contributed by atoms with E-state index < -0.39 is 0 Å². The van der Waals surface area contributed by atoms with Gasteiger partial charge in [-0.15, -0.1) is 0 Å². The fourth-order valence-electron chi connectivity index (χ4n) is 4.06. The molecule has 3 rings (SSSR count). The summed E-state index contributed by atoms with van der Waals surface area (Å²) in [5, 5.41) is 6.80. The van der Waals surface area contributed by atoms with E-state index in [1.165, 1.54) is 43.5 Å². The molecule has 0 spiro atoms. The Morgan fingerprint density at radius 1 is 1.19 bits per heavy atom. The molecule has 0 saturated carbocycles. The van der Waals surface area contributed by atoms with Crippen LogP contribution < -0.4 is 10.6 Å². The van der Waals surface area contributed by atoms with Crippen LogP contribution in [0, 0.1) is 5.92 Å². The highest BCUT2D eigenvalue weighted by molar-refractivity contribution is 5.79. The summed E-state index contributed by atoms with van der Waals surface area (Å²) in [5.41, 5.74) is 2.73. The van der Waals surface area contributed by atoms with E-state index in [4.69, 9.17) is 9.73 Å². The number of hydrogen-bond donors (Lipinski definition) is 2. The third-order valence-corrected chi connectivity index (χ3v) is 5.53. The van der Waals surface area contributed by atoms with Crippen molar-refractivity contribution in [2.45, 2.75) is 58.7 Å². The van der Waals surface area contributed by atoms with Crippen LogP contribution in [0.3, 0.4) is 0 Å². The Kier molecular flexibility index (Phi) is 7.96. The van der Waals surface area contributed by atoms with Crippen molar-refractivity contribution >= 4 is 5.96 Å². The van der Waals surface area contributed by atoms with Crippen molar-refractivity contribution < 1.29 is 4.74 Å². The Hall–Kier alpha value is -1.59. The van der Waals surface area contributed by atoms with E-state index >= 15 is 0 Å². The van der Waals surface area contributed by atoms with Gasteiger partial charge in [-0.1, -0.05) is 31.2 Å². The predicted octanol–water partition coefficient (Wildman–Crippen LogP) is 3.15. The average Bonchev–Trinajstić information content (AvgIpc) is 3.19. The van der Waals surface area contributed by atoms with Gasteiger partial charge in [0, 0.05) is 32.8 Å². The lowest BCUT2D eigenvalue weighted by atomic mass is 9.99. The number of aliphatic imine (C=N–C) groups is 1. The fraction of sp³-hybridized carbons (Fsp3) is 0.682. The largest absolute Gasteiger partial charge is 0.376 e. The van der Waals surface area contributed by atoms with Crippen molar-refractivity contribution in [2.24, 2.45) is 10.9 Å². The third-order valence-electron chi connectivity index (χ3n) is 5.53. The number of nitrogens with one attached hydrogen (secondary N) is 2. The highest BCUT2D eigenvalue weighted by Gasteiger charge is 2.18. The van der Waals surface area contributed by atoms with Gasteiger partial charge in [-0.25, -0.2) is 4.99 Å². The number of hydrogen-bond acceptors (Lipinski definition) is 3. The molecule has 2 saturated heterocycles. The molecule has 5 heteroatoms. The fourth-order valence-corrected chi connectivity index (χ4v) is 4.06. The van der Waals surface area contributed by atoms with E-state index in [2.05, 4.69) is 53.6 Å². The van der Waals surface area contributed by atoms with E-state index in [0.29, 0.717) is 12.6 Å². The maximum atomic E-state index is 5.71. The highest BCUT2D eigenvalue weighted by atomic mass is 16.5. The molecule has 2 aliphatic heterocycles. The van der Waals surface area contributed by atoms with E-state index in [1.54, 1.807) is 0 Å². The second-order valence-corrected chi connectivity index (χ2v) is 7.96. The number of guanidine groups is 1. The number of rotatable bonds is 7. The smallest absolute Gasteiger partial charge is 0.191 e. The molecule has 2 atom stereocenters. The van der Waals surface area contributed by atoms with Crippen LogP contribution in [0.5, 0.6) is 0 Å². The van der Waals surface area contributed by atoms with E-state index in [-0.39, 0.29) is 0 Å². The van der Waals surface area contributed by atoms with Crippen molar-refractivity contribution in [1.82, 2.24) is 15.5 Å². The molecule has 5 nitrogen and oxygen atoms in total. The lowest BCUT2D eigenvalue weighted by molar-refractivity contribution is 0.114.